The lowest BCUT2D eigenvalue weighted by atomic mass is 10.2. The van der Waals surface area contributed by atoms with Crippen LogP contribution in [0.4, 0.5) is 5.82 Å². The standard InChI is InChI=1S/C13H17N5O/c1-10(14)8-13(19)16-12-4-7-18(17-12)9-11-2-5-15-6-3-11/h2-7,10H,8-9,14H2,1H3,(H,16,17,19). The molecule has 0 aromatic carbocycles. The summed E-state index contributed by atoms with van der Waals surface area (Å²) >= 11 is 0. The third kappa shape index (κ3) is 4.18. The van der Waals surface area contributed by atoms with E-state index in [0.29, 0.717) is 12.4 Å². The monoisotopic (exact) mass is 259 g/mol. The van der Waals surface area contributed by atoms with E-state index in [2.05, 4.69) is 15.4 Å². The third-order valence-electron chi connectivity index (χ3n) is 2.51. The Bertz CT molecular complexity index is 535. The number of hydrogen-bond acceptors (Lipinski definition) is 4. The first-order valence-corrected chi connectivity index (χ1v) is 6.11. The van der Waals surface area contributed by atoms with Crippen molar-refractivity contribution in [3.8, 4) is 0 Å². The number of carbonyl (C=O) groups is 1. The number of hydrogen-bond donors (Lipinski definition) is 2. The van der Waals surface area contributed by atoms with Crippen LogP contribution in [0.3, 0.4) is 0 Å². The largest absolute Gasteiger partial charge is 0.327 e. The van der Waals surface area contributed by atoms with Gasteiger partial charge in [-0.3, -0.25) is 14.5 Å². The van der Waals surface area contributed by atoms with E-state index in [1.54, 1.807) is 30.1 Å². The van der Waals surface area contributed by atoms with Gasteiger partial charge in [0, 0.05) is 37.1 Å². The number of anilines is 1. The zero-order chi connectivity index (χ0) is 13.7. The summed E-state index contributed by atoms with van der Waals surface area (Å²) in [5.74, 6) is 0.420. The molecule has 6 nitrogen and oxygen atoms in total. The van der Waals surface area contributed by atoms with Crippen LogP contribution in [0.25, 0.3) is 0 Å². The molecule has 0 aliphatic heterocycles. The molecule has 2 aromatic rings. The molecule has 19 heavy (non-hydrogen) atoms. The van der Waals surface area contributed by atoms with Gasteiger partial charge in [-0.25, -0.2) is 0 Å². The molecule has 1 atom stereocenters. The van der Waals surface area contributed by atoms with Gasteiger partial charge in [0.15, 0.2) is 5.82 Å². The van der Waals surface area contributed by atoms with Gasteiger partial charge in [-0.2, -0.15) is 5.10 Å². The van der Waals surface area contributed by atoms with E-state index < -0.39 is 0 Å². The maximum absolute atomic E-state index is 11.5. The molecular formula is C13H17N5O. The molecule has 0 radical (unpaired) electrons. The number of rotatable bonds is 5. The highest BCUT2D eigenvalue weighted by molar-refractivity contribution is 5.90. The Morgan fingerprint density at radius 3 is 2.84 bits per heavy atom. The van der Waals surface area contributed by atoms with Crippen molar-refractivity contribution < 1.29 is 4.79 Å². The Labute approximate surface area is 111 Å². The molecule has 2 aromatic heterocycles. The normalized spacial score (nSPS) is 12.1. The lowest BCUT2D eigenvalue weighted by molar-refractivity contribution is -0.116. The van der Waals surface area contributed by atoms with E-state index in [0.717, 1.165) is 5.56 Å². The van der Waals surface area contributed by atoms with Crippen LogP contribution in [-0.2, 0) is 11.3 Å². The molecule has 100 valence electrons. The molecule has 0 fully saturated rings. The summed E-state index contributed by atoms with van der Waals surface area (Å²) < 4.78 is 1.76. The quantitative estimate of drug-likeness (QED) is 0.838. The fourth-order valence-corrected chi connectivity index (χ4v) is 1.68. The summed E-state index contributed by atoms with van der Waals surface area (Å²) in [4.78, 5) is 15.5. The van der Waals surface area contributed by atoms with Crippen LogP contribution in [0.5, 0.6) is 0 Å². The van der Waals surface area contributed by atoms with Crippen LogP contribution in [0, 0.1) is 0 Å². The third-order valence-corrected chi connectivity index (χ3v) is 2.51. The molecule has 6 heteroatoms. The number of nitrogens with two attached hydrogens (primary N) is 1. The molecule has 1 amide bonds. The van der Waals surface area contributed by atoms with Gasteiger partial charge in [-0.15, -0.1) is 0 Å². The van der Waals surface area contributed by atoms with Crippen molar-refractivity contribution in [3.63, 3.8) is 0 Å². The van der Waals surface area contributed by atoms with E-state index in [-0.39, 0.29) is 18.4 Å². The maximum atomic E-state index is 11.5. The van der Waals surface area contributed by atoms with E-state index >= 15 is 0 Å². The Hall–Kier alpha value is -2.21. The summed E-state index contributed by atoms with van der Waals surface area (Å²) in [6, 6.07) is 5.46. The lowest BCUT2D eigenvalue weighted by Gasteiger charge is -2.04. The highest BCUT2D eigenvalue weighted by Gasteiger charge is 2.07. The van der Waals surface area contributed by atoms with Gasteiger partial charge in [0.2, 0.25) is 5.91 Å². The van der Waals surface area contributed by atoms with Crippen LogP contribution in [-0.4, -0.2) is 26.7 Å². The second-order valence-electron chi connectivity index (χ2n) is 4.48. The molecule has 1 unspecified atom stereocenters. The van der Waals surface area contributed by atoms with Gasteiger partial charge in [-0.1, -0.05) is 0 Å². The number of aromatic nitrogens is 3. The first-order chi connectivity index (χ1) is 9.13. The van der Waals surface area contributed by atoms with Gasteiger partial charge in [0.05, 0.1) is 6.54 Å². The Kier molecular flexibility index (Phi) is 4.25. The number of carbonyl (C=O) groups excluding carboxylic acids is 1. The first kappa shape index (κ1) is 13.2. The maximum Gasteiger partial charge on any atom is 0.227 e. The van der Waals surface area contributed by atoms with Crippen molar-refractivity contribution in [2.75, 3.05) is 5.32 Å². The fraction of sp³-hybridized carbons (Fsp3) is 0.308. The van der Waals surface area contributed by atoms with E-state index in [9.17, 15) is 4.79 Å². The van der Waals surface area contributed by atoms with Crippen molar-refractivity contribution in [2.45, 2.75) is 25.9 Å². The molecule has 3 N–H and O–H groups in total. The molecule has 0 bridgehead atoms. The zero-order valence-electron chi connectivity index (χ0n) is 10.8. The smallest absolute Gasteiger partial charge is 0.227 e. The Morgan fingerprint density at radius 1 is 1.42 bits per heavy atom. The molecule has 2 heterocycles. The molecular weight excluding hydrogens is 242 g/mol. The van der Waals surface area contributed by atoms with Crippen molar-refractivity contribution in [1.82, 2.24) is 14.8 Å². The van der Waals surface area contributed by atoms with Gasteiger partial charge in [-0.05, 0) is 24.6 Å². The average Bonchev–Trinajstić information content (AvgIpc) is 2.76. The molecule has 0 spiro atoms. The second-order valence-corrected chi connectivity index (χ2v) is 4.48. The van der Waals surface area contributed by atoms with Crippen molar-refractivity contribution in [1.29, 1.82) is 0 Å². The summed E-state index contributed by atoms with van der Waals surface area (Å²) in [5.41, 5.74) is 6.67. The highest BCUT2D eigenvalue weighted by Crippen LogP contribution is 2.06. The number of nitrogens with zero attached hydrogens (tertiary/aromatic N) is 3. The molecule has 0 aliphatic rings. The second kappa shape index (κ2) is 6.10. The van der Waals surface area contributed by atoms with Gasteiger partial charge < -0.3 is 11.1 Å². The fourth-order valence-electron chi connectivity index (χ4n) is 1.68. The number of amides is 1. The molecule has 0 saturated heterocycles. The minimum absolute atomic E-state index is 0.121. The summed E-state index contributed by atoms with van der Waals surface area (Å²) in [6.07, 6.45) is 5.59. The van der Waals surface area contributed by atoms with Crippen LogP contribution >= 0.6 is 0 Å². The molecule has 2 rings (SSSR count). The number of pyridine rings is 1. The van der Waals surface area contributed by atoms with Crippen molar-refractivity contribution >= 4 is 11.7 Å². The number of nitrogens with one attached hydrogen (secondary N) is 1. The minimum atomic E-state index is -0.154. The predicted molar refractivity (Wildman–Crippen MR) is 72.5 cm³/mol. The zero-order valence-corrected chi connectivity index (χ0v) is 10.8. The molecule has 0 saturated carbocycles. The highest BCUT2D eigenvalue weighted by atomic mass is 16.1. The van der Waals surface area contributed by atoms with Gasteiger partial charge in [0.25, 0.3) is 0 Å². The van der Waals surface area contributed by atoms with Crippen LogP contribution in [0.15, 0.2) is 36.8 Å². The predicted octanol–water partition coefficient (Wildman–Crippen LogP) is 1.00. The van der Waals surface area contributed by atoms with Crippen molar-refractivity contribution in [3.05, 3.63) is 42.4 Å². The average molecular weight is 259 g/mol. The summed E-state index contributed by atoms with van der Waals surface area (Å²) in [6.45, 7) is 2.44. The summed E-state index contributed by atoms with van der Waals surface area (Å²) in [5, 5.41) is 6.99. The van der Waals surface area contributed by atoms with Crippen LogP contribution in [0.1, 0.15) is 18.9 Å². The minimum Gasteiger partial charge on any atom is -0.327 e. The van der Waals surface area contributed by atoms with E-state index in [1.165, 1.54) is 0 Å². The van der Waals surface area contributed by atoms with Gasteiger partial charge in [0.1, 0.15) is 0 Å². The first-order valence-electron chi connectivity index (χ1n) is 6.11. The van der Waals surface area contributed by atoms with Crippen molar-refractivity contribution in [2.24, 2.45) is 5.73 Å². The van der Waals surface area contributed by atoms with E-state index in [1.807, 2.05) is 18.3 Å². The van der Waals surface area contributed by atoms with Crippen LogP contribution in [0.2, 0.25) is 0 Å². The van der Waals surface area contributed by atoms with E-state index in [4.69, 9.17) is 5.73 Å². The lowest BCUT2D eigenvalue weighted by Crippen LogP contribution is -2.24. The Morgan fingerprint density at radius 2 is 2.16 bits per heavy atom. The van der Waals surface area contributed by atoms with Gasteiger partial charge >= 0.3 is 0 Å². The Balaban J connectivity index is 1.94. The molecule has 0 aliphatic carbocycles. The topological polar surface area (TPSA) is 85.8 Å². The SMILES string of the molecule is CC(N)CC(=O)Nc1ccn(Cc2ccncc2)n1. The van der Waals surface area contributed by atoms with Crippen LogP contribution < -0.4 is 11.1 Å². The summed E-state index contributed by atoms with van der Waals surface area (Å²) in [7, 11) is 0.